The van der Waals surface area contributed by atoms with Crippen molar-refractivity contribution in [3.63, 3.8) is 0 Å². The van der Waals surface area contributed by atoms with E-state index in [0.29, 0.717) is 6.54 Å². The summed E-state index contributed by atoms with van der Waals surface area (Å²) in [5, 5.41) is 13.3. The first-order valence-corrected chi connectivity index (χ1v) is 9.00. The Balaban J connectivity index is 2.14. The summed E-state index contributed by atoms with van der Waals surface area (Å²) in [5.74, 6) is 0.262. The van der Waals surface area contributed by atoms with Crippen molar-refractivity contribution in [2.45, 2.75) is 30.8 Å². The summed E-state index contributed by atoms with van der Waals surface area (Å²) in [6.07, 6.45) is 0.812. The zero-order chi connectivity index (χ0) is 16.9. The summed E-state index contributed by atoms with van der Waals surface area (Å²) < 4.78 is 26.0. The van der Waals surface area contributed by atoms with E-state index in [-0.39, 0.29) is 16.7 Å². The Morgan fingerprint density at radius 1 is 1.13 bits per heavy atom. The van der Waals surface area contributed by atoms with Crippen LogP contribution in [-0.2, 0) is 16.6 Å². The predicted octanol–water partition coefficient (Wildman–Crippen LogP) is 2.54. The molecule has 6 heteroatoms. The van der Waals surface area contributed by atoms with Gasteiger partial charge in [-0.15, -0.1) is 0 Å². The van der Waals surface area contributed by atoms with Gasteiger partial charge < -0.3 is 10.4 Å². The summed E-state index contributed by atoms with van der Waals surface area (Å²) in [5.41, 5.74) is 1.71. The highest BCUT2D eigenvalue weighted by Crippen LogP contribution is 2.26. The zero-order valence-electron chi connectivity index (χ0n) is 13.3. The van der Waals surface area contributed by atoms with E-state index >= 15 is 0 Å². The van der Waals surface area contributed by atoms with Crippen LogP contribution in [0.4, 0.5) is 0 Å². The maximum absolute atomic E-state index is 11.8. The molecule has 0 unspecified atom stereocenters. The van der Waals surface area contributed by atoms with Crippen molar-refractivity contribution in [2.24, 2.45) is 0 Å². The molecule has 2 rings (SSSR count). The fraction of sp³-hybridized carbons (Fsp3) is 0.294. The lowest BCUT2D eigenvalue weighted by Crippen LogP contribution is -2.21. The number of nitrogens with one attached hydrogen (secondary N) is 2. The van der Waals surface area contributed by atoms with Crippen molar-refractivity contribution >= 4 is 10.0 Å². The van der Waals surface area contributed by atoms with Gasteiger partial charge in [-0.2, -0.15) is 0 Å². The summed E-state index contributed by atoms with van der Waals surface area (Å²) in [7, 11) is -2.05. The van der Waals surface area contributed by atoms with Gasteiger partial charge in [0.2, 0.25) is 10.0 Å². The fourth-order valence-electron chi connectivity index (χ4n) is 2.44. The fourth-order valence-corrected chi connectivity index (χ4v) is 3.24. The minimum Gasteiger partial charge on any atom is -0.508 e. The average molecular weight is 334 g/mol. The lowest BCUT2D eigenvalue weighted by atomic mass is 10.0. The lowest BCUT2D eigenvalue weighted by molar-refractivity contribution is 0.440. The third kappa shape index (κ3) is 4.31. The molecule has 0 saturated carbocycles. The highest BCUT2D eigenvalue weighted by molar-refractivity contribution is 7.89. The van der Waals surface area contributed by atoms with E-state index in [1.807, 2.05) is 25.1 Å². The van der Waals surface area contributed by atoms with Gasteiger partial charge >= 0.3 is 0 Å². The molecule has 0 aromatic heterocycles. The van der Waals surface area contributed by atoms with Crippen LogP contribution in [0.3, 0.4) is 0 Å². The quantitative estimate of drug-likeness (QED) is 0.727. The number of benzene rings is 2. The predicted molar refractivity (Wildman–Crippen MR) is 90.7 cm³/mol. The normalized spacial score (nSPS) is 13.0. The molecule has 0 spiro atoms. The number of hydrogen-bond donors (Lipinski definition) is 3. The molecule has 0 saturated heterocycles. The average Bonchev–Trinajstić information content (AvgIpc) is 2.57. The largest absolute Gasteiger partial charge is 0.508 e. The smallest absolute Gasteiger partial charge is 0.240 e. The molecule has 0 heterocycles. The van der Waals surface area contributed by atoms with E-state index in [1.54, 1.807) is 30.3 Å². The monoisotopic (exact) mass is 334 g/mol. The van der Waals surface area contributed by atoms with Crippen LogP contribution in [0.5, 0.6) is 5.75 Å². The van der Waals surface area contributed by atoms with Crippen molar-refractivity contribution in [3.8, 4) is 5.75 Å². The molecule has 0 aliphatic carbocycles. The SMILES string of the molecule is CC[C@H](NCc1cccc(S(=O)(=O)NC)c1)c1ccccc1O. The van der Waals surface area contributed by atoms with E-state index in [9.17, 15) is 13.5 Å². The maximum atomic E-state index is 11.8. The van der Waals surface area contributed by atoms with Gasteiger partial charge in [0.15, 0.2) is 0 Å². The van der Waals surface area contributed by atoms with Crippen LogP contribution in [0.1, 0.15) is 30.5 Å². The summed E-state index contributed by atoms with van der Waals surface area (Å²) in [4.78, 5) is 0.245. The first-order chi connectivity index (χ1) is 11.0. The zero-order valence-corrected chi connectivity index (χ0v) is 14.1. The van der Waals surface area contributed by atoms with Gasteiger partial charge in [-0.3, -0.25) is 0 Å². The molecule has 0 amide bonds. The molecule has 1 atom stereocenters. The Labute approximate surface area is 137 Å². The molecule has 124 valence electrons. The molecule has 0 fully saturated rings. The van der Waals surface area contributed by atoms with E-state index in [2.05, 4.69) is 10.0 Å². The molecule has 0 aliphatic rings. The van der Waals surface area contributed by atoms with Crippen molar-refractivity contribution in [3.05, 3.63) is 59.7 Å². The van der Waals surface area contributed by atoms with Crippen LogP contribution < -0.4 is 10.0 Å². The number of para-hydroxylation sites is 1. The second-order valence-corrected chi connectivity index (χ2v) is 7.14. The molecular formula is C17H22N2O3S. The van der Waals surface area contributed by atoms with E-state index in [4.69, 9.17) is 0 Å². The number of rotatable bonds is 7. The molecule has 0 aliphatic heterocycles. The molecular weight excluding hydrogens is 312 g/mol. The highest BCUT2D eigenvalue weighted by Gasteiger charge is 2.14. The maximum Gasteiger partial charge on any atom is 0.240 e. The van der Waals surface area contributed by atoms with Gasteiger partial charge in [0.25, 0.3) is 0 Å². The van der Waals surface area contributed by atoms with Crippen LogP contribution in [0.2, 0.25) is 0 Å². The third-order valence-electron chi connectivity index (χ3n) is 3.75. The molecule has 0 radical (unpaired) electrons. The standard InChI is InChI=1S/C17H22N2O3S/c1-3-16(15-9-4-5-10-17(15)20)19-12-13-7-6-8-14(11-13)23(21,22)18-2/h4-11,16,18-20H,3,12H2,1-2H3/t16-/m0/s1. The Morgan fingerprint density at radius 3 is 2.52 bits per heavy atom. The van der Waals surface area contributed by atoms with Crippen molar-refractivity contribution < 1.29 is 13.5 Å². The third-order valence-corrected chi connectivity index (χ3v) is 5.16. The number of aromatic hydroxyl groups is 1. The first kappa shape index (κ1) is 17.5. The van der Waals surface area contributed by atoms with Gasteiger partial charge in [-0.25, -0.2) is 13.1 Å². The summed E-state index contributed by atoms with van der Waals surface area (Å²) in [6.45, 7) is 2.55. The molecule has 3 N–H and O–H groups in total. The second kappa shape index (κ2) is 7.59. The Morgan fingerprint density at radius 2 is 1.87 bits per heavy atom. The topological polar surface area (TPSA) is 78.4 Å². The second-order valence-electron chi connectivity index (χ2n) is 5.26. The van der Waals surface area contributed by atoms with Crippen molar-refractivity contribution in [2.75, 3.05) is 7.05 Å². The number of phenolic OH excluding ortho intramolecular Hbond substituents is 1. The van der Waals surface area contributed by atoms with Crippen LogP contribution in [-0.4, -0.2) is 20.6 Å². The minimum atomic E-state index is -3.44. The summed E-state index contributed by atoms with van der Waals surface area (Å²) >= 11 is 0. The number of phenols is 1. The van der Waals surface area contributed by atoms with Gasteiger partial charge in [-0.1, -0.05) is 37.3 Å². The highest BCUT2D eigenvalue weighted by atomic mass is 32.2. The Kier molecular flexibility index (Phi) is 5.76. The van der Waals surface area contributed by atoms with Crippen LogP contribution in [0.25, 0.3) is 0 Å². The summed E-state index contributed by atoms with van der Waals surface area (Å²) in [6, 6.07) is 14.0. The van der Waals surface area contributed by atoms with E-state index in [0.717, 1.165) is 17.5 Å². The molecule has 23 heavy (non-hydrogen) atoms. The van der Waals surface area contributed by atoms with E-state index in [1.165, 1.54) is 7.05 Å². The van der Waals surface area contributed by atoms with Crippen molar-refractivity contribution in [1.82, 2.24) is 10.0 Å². The minimum absolute atomic E-state index is 0.000707. The van der Waals surface area contributed by atoms with Gasteiger partial charge in [0.1, 0.15) is 5.75 Å². The van der Waals surface area contributed by atoms with Crippen LogP contribution in [0, 0.1) is 0 Å². The molecule has 0 bridgehead atoms. The molecule has 2 aromatic rings. The molecule has 2 aromatic carbocycles. The number of hydrogen-bond acceptors (Lipinski definition) is 4. The van der Waals surface area contributed by atoms with Crippen LogP contribution in [0.15, 0.2) is 53.4 Å². The first-order valence-electron chi connectivity index (χ1n) is 7.51. The Hall–Kier alpha value is -1.89. The van der Waals surface area contributed by atoms with Crippen molar-refractivity contribution in [1.29, 1.82) is 0 Å². The van der Waals surface area contributed by atoms with Gasteiger partial charge in [-0.05, 0) is 37.2 Å². The molecule has 5 nitrogen and oxygen atoms in total. The lowest BCUT2D eigenvalue weighted by Gasteiger charge is -2.19. The van der Waals surface area contributed by atoms with Gasteiger partial charge in [0, 0.05) is 18.2 Å². The Bertz CT molecular complexity index is 760. The van der Waals surface area contributed by atoms with E-state index < -0.39 is 10.0 Å². The number of sulfonamides is 1. The van der Waals surface area contributed by atoms with Crippen LogP contribution >= 0.6 is 0 Å². The van der Waals surface area contributed by atoms with Gasteiger partial charge in [0.05, 0.1) is 4.90 Å².